The maximum Gasteiger partial charge on any atom is 0.234 e. The van der Waals surface area contributed by atoms with Crippen molar-refractivity contribution in [3.8, 4) is 11.4 Å². The van der Waals surface area contributed by atoms with E-state index in [1.54, 1.807) is 17.5 Å². The van der Waals surface area contributed by atoms with E-state index < -0.39 is 0 Å². The number of nitrogens with zero attached hydrogens (tertiary/aromatic N) is 5. The van der Waals surface area contributed by atoms with Crippen molar-refractivity contribution in [2.45, 2.75) is 32.7 Å². The molecule has 4 heterocycles. The molecule has 1 N–H and O–H groups in total. The van der Waals surface area contributed by atoms with Crippen LogP contribution in [0.15, 0.2) is 24.5 Å². The number of aromatic nitrogens is 3. The number of pyridine rings is 1. The molecule has 3 aromatic rings. The molecule has 1 saturated carbocycles. The number of thiophene rings is 1. The molecule has 30 heavy (non-hydrogen) atoms. The summed E-state index contributed by atoms with van der Waals surface area (Å²) in [4.78, 5) is 33.1. The van der Waals surface area contributed by atoms with Crippen molar-refractivity contribution in [2.75, 3.05) is 37.6 Å². The van der Waals surface area contributed by atoms with Crippen molar-refractivity contribution >= 4 is 33.3 Å². The first-order chi connectivity index (χ1) is 14.6. The molecule has 8 heteroatoms. The SMILES string of the molecule is Cc1sc2nc(-c3cccnc3)nc(N3CCN(CC(=O)NC4CC4)CC3)c2c1C. The van der Waals surface area contributed by atoms with Crippen molar-refractivity contribution in [2.24, 2.45) is 0 Å². The Bertz CT molecular complexity index is 1070. The number of aryl methyl sites for hydroxylation is 2. The number of piperazine rings is 1. The number of carbonyl (C=O) groups excluding carboxylic acids is 1. The summed E-state index contributed by atoms with van der Waals surface area (Å²) in [6.45, 7) is 8.20. The lowest BCUT2D eigenvalue weighted by molar-refractivity contribution is -0.122. The van der Waals surface area contributed by atoms with Crippen LogP contribution < -0.4 is 10.2 Å². The fourth-order valence-electron chi connectivity index (χ4n) is 3.90. The standard InChI is InChI=1S/C22H26N6OS/c1-14-15(2)30-22-19(14)21(25-20(26-22)16-4-3-7-23-12-16)28-10-8-27(9-11-28)13-18(29)24-17-5-6-17/h3-4,7,12,17H,5-6,8-11,13H2,1-2H3,(H,24,29). The Labute approximate surface area is 180 Å². The first-order valence-electron chi connectivity index (χ1n) is 10.5. The third kappa shape index (κ3) is 3.89. The van der Waals surface area contributed by atoms with E-state index >= 15 is 0 Å². The number of rotatable bonds is 5. The van der Waals surface area contributed by atoms with E-state index in [2.05, 4.69) is 33.9 Å². The Hall–Kier alpha value is -2.58. The highest BCUT2D eigenvalue weighted by atomic mass is 32.1. The molecule has 5 rings (SSSR count). The van der Waals surface area contributed by atoms with Gasteiger partial charge in [0.05, 0.1) is 11.9 Å². The van der Waals surface area contributed by atoms with Crippen LogP contribution >= 0.6 is 11.3 Å². The summed E-state index contributed by atoms with van der Waals surface area (Å²) in [5.41, 5.74) is 2.19. The molecule has 0 bridgehead atoms. The second kappa shape index (κ2) is 7.92. The van der Waals surface area contributed by atoms with Crippen LogP contribution in [0, 0.1) is 13.8 Å². The molecule has 0 radical (unpaired) electrons. The van der Waals surface area contributed by atoms with E-state index in [1.165, 1.54) is 10.4 Å². The lowest BCUT2D eigenvalue weighted by Gasteiger charge is -2.35. The van der Waals surface area contributed by atoms with Gasteiger partial charge in [-0.2, -0.15) is 0 Å². The van der Waals surface area contributed by atoms with Crippen molar-refractivity contribution < 1.29 is 4.79 Å². The minimum atomic E-state index is 0.151. The molecule has 7 nitrogen and oxygen atoms in total. The number of fused-ring (bicyclic) bond motifs is 1. The minimum Gasteiger partial charge on any atom is -0.353 e. The summed E-state index contributed by atoms with van der Waals surface area (Å²) in [6, 6.07) is 4.34. The monoisotopic (exact) mass is 422 g/mol. The average Bonchev–Trinajstić information content (AvgIpc) is 3.52. The number of carbonyl (C=O) groups is 1. The summed E-state index contributed by atoms with van der Waals surface area (Å²) in [6.07, 6.45) is 5.83. The number of nitrogens with one attached hydrogen (secondary N) is 1. The van der Waals surface area contributed by atoms with Gasteiger partial charge in [0.2, 0.25) is 5.91 Å². The van der Waals surface area contributed by atoms with Crippen LogP contribution in [-0.4, -0.2) is 64.5 Å². The van der Waals surface area contributed by atoms with Crippen LogP contribution in [0.2, 0.25) is 0 Å². The fraction of sp³-hybridized carbons (Fsp3) is 0.455. The summed E-state index contributed by atoms with van der Waals surface area (Å²) < 4.78 is 0. The molecule has 1 aliphatic carbocycles. The molecule has 156 valence electrons. The van der Waals surface area contributed by atoms with Gasteiger partial charge in [0, 0.05) is 55.1 Å². The van der Waals surface area contributed by atoms with Gasteiger partial charge in [0.15, 0.2) is 5.82 Å². The molecular formula is C22H26N6OS. The van der Waals surface area contributed by atoms with Crippen LogP contribution in [0.4, 0.5) is 5.82 Å². The van der Waals surface area contributed by atoms with Gasteiger partial charge in [-0.3, -0.25) is 14.7 Å². The summed E-state index contributed by atoms with van der Waals surface area (Å²) in [5.74, 6) is 1.87. The van der Waals surface area contributed by atoms with Crippen LogP contribution in [0.5, 0.6) is 0 Å². The van der Waals surface area contributed by atoms with E-state index in [1.807, 2.05) is 18.3 Å². The Morgan fingerprint density at radius 2 is 2.00 bits per heavy atom. The smallest absolute Gasteiger partial charge is 0.234 e. The zero-order chi connectivity index (χ0) is 20.7. The quantitative estimate of drug-likeness (QED) is 0.682. The van der Waals surface area contributed by atoms with E-state index in [4.69, 9.17) is 9.97 Å². The maximum atomic E-state index is 12.1. The number of hydrogen-bond acceptors (Lipinski definition) is 7. The van der Waals surface area contributed by atoms with E-state index in [0.29, 0.717) is 12.6 Å². The summed E-state index contributed by atoms with van der Waals surface area (Å²) in [5, 5.41) is 4.24. The molecular weight excluding hydrogens is 396 g/mol. The molecule has 1 amide bonds. The number of anilines is 1. The molecule has 0 atom stereocenters. The molecule has 1 saturated heterocycles. The van der Waals surface area contributed by atoms with E-state index in [9.17, 15) is 4.79 Å². The number of hydrogen-bond donors (Lipinski definition) is 1. The normalized spacial score (nSPS) is 17.5. The van der Waals surface area contributed by atoms with Crippen molar-refractivity contribution in [3.05, 3.63) is 35.0 Å². The largest absolute Gasteiger partial charge is 0.353 e. The molecule has 1 aliphatic heterocycles. The molecule has 2 fully saturated rings. The molecule has 0 spiro atoms. The summed E-state index contributed by atoms with van der Waals surface area (Å²) in [7, 11) is 0. The zero-order valence-electron chi connectivity index (χ0n) is 17.4. The van der Waals surface area contributed by atoms with Gasteiger partial charge in [0.25, 0.3) is 0 Å². The van der Waals surface area contributed by atoms with Gasteiger partial charge in [-0.05, 0) is 44.4 Å². The first-order valence-corrected chi connectivity index (χ1v) is 11.3. The van der Waals surface area contributed by atoms with Crippen LogP contribution in [0.25, 0.3) is 21.6 Å². The van der Waals surface area contributed by atoms with E-state index in [-0.39, 0.29) is 5.91 Å². The van der Waals surface area contributed by atoms with Crippen LogP contribution in [0.3, 0.4) is 0 Å². The van der Waals surface area contributed by atoms with Gasteiger partial charge in [-0.25, -0.2) is 9.97 Å². The second-order valence-electron chi connectivity index (χ2n) is 8.18. The Kier molecular flexibility index (Phi) is 5.12. The van der Waals surface area contributed by atoms with E-state index in [0.717, 1.165) is 66.4 Å². The van der Waals surface area contributed by atoms with Gasteiger partial charge in [0.1, 0.15) is 10.6 Å². The van der Waals surface area contributed by atoms with Crippen LogP contribution in [-0.2, 0) is 4.79 Å². The average molecular weight is 423 g/mol. The maximum absolute atomic E-state index is 12.1. The molecule has 0 aromatic carbocycles. The second-order valence-corrected chi connectivity index (χ2v) is 9.38. The van der Waals surface area contributed by atoms with Gasteiger partial charge < -0.3 is 10.2 Å². The zero-order valence-corrected chi connectivity index (χ0v) is 18.2. The lowest BCUT2D eigenvalue weighted by Crippen LogP contribution is -2.50. The van der Waals surface area contributed by atoms with Gasteiger partial charge >= 0.3 is 0 Å². The topological polar surface area (TPSA) is 74.2 Å². The molecule has 3 aromatic heterocycles. The van der Waals surface area contributed by atoms with Gasteiger partial charge in [-0.15, -0.1) is 11.3 Å². The first kappa shape index (κ1) is 19.4. The predicted octanol–water partition coefficient (Wildman–Crippen LogP) is 2.77. The third-order valence-electron chi connectivity index (χ3n) is 5.91. The van der Waals surface area contributed by atoms with Crippen LogP contribution in [0.1, 0.15) is 23.3 Å². The highest BCUT2D eigenvalue weighted by molar-refractivity contribution is 7.18. The third-order valence-corrected chi connectivity index (χ3v) is 7.01. The Morgan fingerprint density at radius 1 is 1.20 bits per heavy atom. The summed E-state index contributed by atoms with van der Waals surface area (Å²) >= 11 is 1.72. The van der Waals surface area contributed by atoms with Gasteiger partial charge in [-0.1, -0.05) is 0 Å². The lowest BCUT2D eigenvalue weighted by atomic mass is 10.1. The predicted molar refractivity (Wildman–Crippen MR) is 120 cm³/mol. The van der Waals surface area contributed by atoms with Crippen molar-refractivity contribution in [3.63, 3.8) is 0 Å². The molecule has 2 aliphatic rings. The van der Waals surface area contributed by atoms with Crippen molar-refractivity contribution in [1.29, 1.82) is 0 Å². The number of amides is 1. The minimum absolute atomic E-state index is 0.151. The fourth-order valence-corrected chi connectivity index (χ4v) is 4.93. The Balaban J connectivity index is 1.40. The highest BCUT2D eigenvalue weighted by Gasteiger charge is 2.27. The highest BCUT2D eigenvalue weighted by Crippen LogP contribution is 2.36. The molecule has 0 unspecified atom stereocenters. The Morgan fingerprint density at radius 3 is 2.70 bits per heavy atom. The van der Waals surface area contributed by atoms with Crippen molar-refractivity contribution in [1.82, 2.24) is 25.2 Å².